The molecule has 0 fully saturated rings. The summed E-state index contributed by atoms with van der Waals surface area (Å²) in [6, 6.07) is 0. The maximum Gasteiger partial charge on any atom is 0.470 e. The SMILES string of the molecule is O=P(O)(O)OCCCCC(OP(=O)(O)O)C(F)(F)C(F)(F)C(F)(F)CF. The van der Waals surface area contributed by atoms with Gasteiger partial charge in [-0.3, -0.25) is 9.05 Å². The average Bonchev–Trinajstić information content (AvgIpc) is 2.42. The van der Waals surface area contributed by atoms with Crippen molar-refractivity contribution in [3.05, 3.63) is 0 Å². The molecule has 0 saturated carbocycles. The lowest BCUT2D eigenvalue weighted by Crippen LogP contribution is -2.60. The quantitative estimate of drug-likeness (QED) is 0.204. The van der Waals surface area contributed by atoms with E-state index in [1.54, 1.807) is 0 Å². The van der Waals surface area contributed by atoms with Crippen LogP contribution in [0, 0.1) is 0 Å². The molecule has 0 rings (SSSR count). The Hall–Kier alpha value is -0.270. The van der Waals surface area contributed by atoms with E-state index in [9.17, 15) is 39.9 Å². The minimum absolute atomic E-state index is 0.493. The van der Waals surface area contributed by atoms with Crippen LogP contribution in [0.15, 0.2) is 0 Å². The Labute approximate surface area is 141 Å². The van der Waals surface area contributed by atoms with Crippen molar-refractivity contribution in [2.24, 2.45) is 0 Å². The van der Waals surface area contributed by atoms with Gasteiger partial charge in [0.25, 0.3) is 0 Å². The Morgan fingerprint density at radius 2 is 1.38 bits per heavy atom. The number of hydrogen-bond acceptors (Lipinski definition) is 4. The van der Waals surface area contributed by atoms with Gasteiger partial charge in [-0.15, -0.1) is 0 Å². The van der Waals surface area contributed by atoms with Gasteiger partial charge in [0.05, 0.1) is 6.61 Å². The summed E-state index contributed by atoms with van der Waals surface area (Å²) in [6.07, 6.45) is -5.99. The number of halogens is 7. The van der Waals surface area contributed by atoms with Gasteiger partial charge in [-0.2, -0.15) is 26.3 Å². The average molecular weight is 446 g/mol. The van der Waals surface area contributed by atoms with Gasteiger partial charge in [-0.25, -0.2) is 13.5 Å². The van der Waals surface area contributed by atoms with Crippen LogP contribution in [-0.2, 0) is 18.2 Å². The summed E-state index contributed by atoms with van der Waals surface area (Å²) >= 11 is 0. The van der Waals surface area contributed by atoms with E-state index in [2.05, 4.69) is 9.05 Å². The third-order valence-corrected chi connectivity index (χ3v) is 3.88. The van der Waals surface area contributed by atoms with Crippen molar-refractivity contribution in [3.8, 4) is 0 Å². The highest BCUT2D eigenvalue weighted by Crippen LogP contribution is 2.52. The first kappa shape index (κ1) is 25.7. The fourth-order valence-electron chi connectivity index (χ4n) is 1.61. The number of hydrogen-bond donors (Lipinski definition) is 4. The summed E-state index contributed by atoms with van der Waals surface area (Å²) in [7, 11) is -10.8. The molecular weight excluding hydrogens is 431 g/mol. The summed E-state index contributed by atoms with van der Waals surface area (Å²) in [5, 5.41) is 0. The van der Waals surface area contributed by atoms with E-state index in [0.29, 0.717) is 0 Å². The van der Waals surface area contributed by atoms with E-state index < -0.39 is 72.1 Å². The highest BCUT2D eigenvalue weighted by atomic mass is 31.2. The van der Waals surface area contributed by atoms with Crippen LogP contribution in [0.4, 0.5) is 30.7 Å². The Morgan fingerprint density at radius 3 is 1.77 bits per heavy atom. The van der Waals surface area contributed by atoms with Gasteiger partial charge >= 0.3 is 33.4 Å². The minimum Gasteiger partial charge on any atom is -0.303 e. The van der Waals surface area contributed by atoms with Crippen LogP contribution in [0.25, 0.3) is 0 Å². The predicted octanol–water partition coefficient (Wildman–Crippen LogP) is 2.62. The molecule has 8 nitrogen and oxygen atoms in total. The smallest absolute Gasteiger partial charge is 0.303 e. The largest absolute Gasteiger partial charge is 0.470 e. The zero-order valence-corrected chi connectivity index (χ0v) is 14.4. The molecule has 0 aliphatic rings. The van der Waals surface area contributed by atoms with E-state index in [-0.39, 0.29) is 0 Å². The number of phosphoric ester groups is 2. The summed E-state index contributed by atoms with van der Waals surface area (Å²) < 4.78 is 120. The van der Waals surface area contributed by atoms with E-state index in [0.717, 1.165) is 0 Å². The van der Waals surface area contributed by atoms with Gasteiger partial charge in [-0.05, 0) is 19.3 Å². The van der Waals surface area contributed by atoms with E-state index >= 15 is 0 Å². The molecule has 0 saturated heterocycles. The summed E-state index contributed by atoms with van der Waals surface area (Å²) in [5.41, 5.74) is 0. The molecule has 0 heterocycles. The lowest BCUT2D eigenvalue weighted by Gasteiger charge is -2.36. The maximum absolute atomic E-state index is 13.8. The van der Waals surface area contributed by atoms with Gasteiger partial charge < -0.3 is 19.6 Å². The van der Waals surface area contributed by atoms with Crippen molar-refractivity contribution in [1.29, 1.82) is 0 Å². The van der Waals surface area contributed by atoms with E-state index in [1.807, 2.05) is 0 Å². The number of phosphoric acid groups is 2. The van der Waals surface area contributed by atoms with Crippen molar-refractivity contribution >= 4 is 15.6 Å². The molecule has 0 aromatic rings. The molecule has 0 spiro atoms. The second kappa shape index (κ2) is 8.82. The Kier molecular flexibility index (Phi) is 8.73. The molecule has 0 aromatic heterocycles. The standard InChI is InChI=1S/C9H15F7O8P2/c10-5-7(11,12)9(15,16)8(13,14)6(24-26(20,21)22)3-1-2-4-23-25(17,18)19/h6H,1-5H2,(H2,17,18,19)(H2,20,21,22). The molecule has 26 heavy (non-hydrogen) atoms. The molecule has 4 N–H and O–H groups in total. The normalized spacial score (nSPS) is 16.0. The molecule has 1 atom stereocenters. The van der Waals surface area contributed by atoms with Crippen molar-refractivity contribution in [2.75, 3.05) is 13.3 Å². The maximum atomic E-state index is 13.8. The fourth-order valence-corrected chi connectivity index (χ4v) is 2.55. The number of alkyl halides is 7. The van der Waals surface area contributed by atoms with Gasteiger partial charge in [-0.1, -0.05) is 0 Å². The molecular formula is C9H15F7O8P2. The third-order valence-electron chi connectivity index (χ3n) is 2.83. The van der Waals surface area contributed by atoms with Crippen LogP contribution < -0.4 is 0 Å². The fraction of sp³-hybridized carbons (Fsp3) is 1.00. The highest BCUT2D eigenvalue weighted by Gasteiger charge is 2.74. The first-order chi connectivity index (χ1) is 11.4. The topological polar surface area (TPSA) is 134 Å². The molecule has 0 bridgehead atoms. The van der Waals surface area contributed by atoms with Crippen LogP contribution in [0.3, 0.4) is 0 Å². The Balaban J connectivity index is 5.29. The van der Waals surface area contributed by atoms with Crippen molar-refractivity contribution in [1.82, 2.24) is 0 Å². The van der Waals surface area contributed by atoms with Gasteiger partial charge in [0.2, 0.25) is 0 Å². The van der Waals surface area contributed by atoms with Crippen LogP contribution >= 0.6 is 15.6 Å². The van der Waals surface area contributed by atoms with Crippen molar-refractivity contribution < 1.29 is 68.5 Å². The zero-order valence-electron chi connectivity index (χ0n) is 12.6. The molecule has 17 heteroatoms. The molecule has 0 aromatic carbocycles. The number of rotatable bonds is 12. The lowest BCUT2D eigenvalue weighted by atomic mass is 9.96. The minimum atomic E-state index is -6.35. The van der Waals surface area contributed by atoms with Gasteiger partial charge in [0.1, 0.15) is 6.10 Å². The Bertz CT molecular complexity index is 548. The summed E-state index contributed by atoms with van der Waals surface area (Å²) in [5.74, 6) is -18.1. The molecule has 158 valence electrons. The zero-order chi connectivity index (χ0) is 21.0. The van der Waals surface area contributed by atoms with Crippen LogP contribution in [0.2, 0.25) is 0 Å². The predicted molar refractivity (Wildman–Crippen MR) is 69.6 cm³/mol. The summed E-state index contributed by atoms with van der Waals surface area (Å²) in [4.78, 5) is 33.7. The molecule has 0 aliphatic carbocycles. The molecule has 1 unspecified atom stereocenters. The first-order valence-electron chi connectivity index (χ1n) is 6.51. The van der Waals surface area contributed by atoms with Gasteiger partial charge in [0, 0.05) is 0 Å². The van der Waals surface area contributed by atoms with E-state index in [1.165, 1.54) is 0 Å². The van der Waals surface area contributed by atoms with Crippen molar-refractivity contribution in [2.45, 2.75) is 43.1 Å². The molecule has 0 radical (unpaired) electrons. The second-order valence-corrected chi connectivity index (χ2v) is 7.37. The summed E-state index contributed by atoms with van der Waals surface area (Å²) in [6.45, 7) is -3.94. The molecule has 0 aliphatic heterocycles. The van der Waals surface area contributed by atoms with Crippen LogP contribution in [0.5, 0.6) is 0 Å². The van der Waals surface area contributed by atoms with Crippen molar-refractivity contribution in [3.63, 3.8) is 0 Å². The van der Waals surface area contributed by atoms with Gasteiger partial charge in [0.15, 0.2) is 6.67 Å². The lowest BCUT2D eigenvalue weighted by molar-refractivity contribution is -0.332. The second-order valence-electron chi connectivity index (χ2n) is 4.94. The van der Waals surface area contributed by atoms with Crippen LogP contribution in [-0.4, -0.2) is 56.7 Å². The number of unbranched alkanes of at least 4 members (excludes halogenated alkanes) is 1. The third kappa shape index (κ3) is 7.39. The molecule has 0 amide bonds. The van der Waals surface area contributed by atoms with Crippen LogP contribution in [0.1, 0.15) is 19.3 Å². The first-order valence-corrected chi connectivity index (χ1v) is 9.57. The Morgan fingerprint density at radius 1 is 0.885 bits per heavy atom. The van der Waals surface area contributed by atoms with E-state index in [4.69, 9.17) is 19.6 Å². The highest BCUT2D eigenvalue weighted by molar-refractivity contribution is 7.46. The monoisotopic (exact) mass is 446 g/mol.